The molecule has 3 aromatic rings. The molecule has 37 heavy (non-hydrogen) atoms. The molecule has 0 aliphatic carbocycles. The van der Waals surface area contributed by atoms with E-state index in [0.717, 1.165) is 15.6 Å². The number of sulfonamides is 1. The van der Waals surface area contributed by atoms with Gasteiger partial charge in [0, 0.05) is 23.9 Å². The Hall–Kier alpha value is -3.49. The van der Waals surface area contributed by atoms with Gasteiger partial charge in [-0.05, 0) is 23.9 Å². The SMILES string of the molecule is CN([C@H]1CCN(CN=C(N)c2ccccc2)C1=O)S(=O)(=O)c1cc2ccccc2s1.O=C(O)C(F)(F)F. The van der Waals surface area contributed by atoms with Crippen molar-refractivity contribution in [1.82, 2.24) is 9.21 Å². The number of carboxylic acids is 1. The van der Waals surface area contributed by atoms with Gasteiger partial charge in [0.25, 0.3) is 10.0 Å². The summed E-state index contributed by atoms with van der Waals surface area (Å²) in [5.74, 6) is -2.67. The number of amides is 1. The lowest BCUT2D eigenvalue weighted by Gasteiger charge is -2.22. The van der Waals surface area contributed by atoms with Crippen LogP contribution >= 0.6 is 11.3 Å². The second-order valence-corrected chi connectivity index (χ2v) is 11.2. The molecule has 1 aliphatic heterocycles. The van der Waals surface area contributed by atoms with Crippen LogP contribution in [0.1, 0.15) is 12.0 Å². The summed E-state index contributed by atoms with van der Waals surface area (Å²) >= 11 is 1.21. The summed E-state index contributed by atoms with van der Waals surface area (Å²) < 4.78 is 60.3. The number of fused-ring (bicyclic) bond motifs is 1. The van der Waals surface area contributed by atoms with E-state index in [1.165, 1.54) is 27.6 Å². The number of carboxylic acid groups (broad SMARTS) is 1. The second kappa shape index (κ2) is 11.3. The summed E-state index contributed by atoms with van der Waals surface area (Å²) in [6.07, 6.45) is -4.67. The van der Waals surface area contributed by atoms with Gasteiger partial charge in [0.15, 0.2) is 0 Å². The molecule has 14 heteroatoms. The smallest absolute Gasteiger partial charge is 0.475 e. The Bertz CT molecular complexity index is 1380. The van der Waals surface area contributed by atoms with Crippen molar-refractivity contribution in [1.29, 1.82) is 0 Å². The fraction of sp³-hybridized carbons (Fsp3) is 0.261. The molecule has 1 atom stereocenters. The number of rotatable bonds is 6. The third-order valence-electron chi connectivity index (χ3n) is 5.47. The summed E-state index contributed by atoms with van der Waals surface area (Å²) in [5, 5.41) is 8.00. The Morgan fingerprint density at radius 1 is 1.19 bits per heavy atom. The number of amidine groups is 1. The third kappa shape index (κ3) is 6.64. The first-order valence-corrected chi connectivity index (χ1v) is 13.0. The van der Waals surface area contributed by atoms with Crippen LogP contribution in [0.4, 0.5) is 13.2 Å². The van der Waals surface area contributed by atoms with Crippen LogP contribution < -0.4 is 5.73 Å². The predicted octanol–water partition coefficient (Wildman–Crippen LogP) is 3.12. The van der Waals surface area contributed by atoms with Crippen LogP contribution in [0.3, 0.4) is 0 Å². The van der Waals surface area contributed by atoms with Crippen molar-refractivity contribution < 1.29 is 36.3 Å². The Morgan fingerprint density at radius 3 is 2.38 bits per heavy atom. The fourth-order valence-electron chi connectivity index (χ4n) is 3.46. The summed E-state index contributed by atoms with van der Waals surface area (Å²) in [4.78, 5) is 27.6. The largest absolute Gasteiger partial charge is 0.490 e. The van der Waals surface area contributed by atoms with Gasteiger partial charge in [0.05, 0.1) is 0 Å². The van der Waals surface area contributed by atoms with Crippen LogP contribution in [0.5, 0.6) is 0 Å². The Kier molecular flexibility index (Phi) is 8.56. The van der Waals surface area contributed by atoms with Crippen molar-refractivity contribution in [3.63, 3.8) is 0 Å². The minimum absolute atomic E-state index is 0.104. The molecule has 1 fully saturated rings. The summed E-state index contributed by atoms with van der Waals surface area (Å²) in [5.41, 5.74) is 6.78. The van der Waals surface area contributed by atoms with Gasteiger partial charge in [-0.2, -0.15) is 17.5 Å². The molecule has 1 saturated heterocycles. The number of likely N-dealkylation sites (tertiary alicyclic amines) is 1. The normalized spacial score (nSPS) is 16.7. The highest BCUT2D eigenvalue weighted by molar-refractivity contribution is 7.91. The second-order valence-electron chi connectivity index (χ2n) is 7.88. The van der Waals surface area contributed by atoms with E-state index in [0.29, 0.717) is 18.8 Å². The highest BCUT2D eigenvalue weighted by atomic mass is 32.2. The van der Waals surface area contributed by atoms with Gasteiger partial charge in [0.1, 0.15) is 22.8 Å². The molecule has 1 amide bonds. The minimum Gasteiger partial charge on any atom is -0.475 e. The first kappa shape index (κ1) is 28.1. The van der Waals surface area contributed by atoms with E-state index in [1.54, 1.807) is 6.07 Å². The third-order valence-corrected chi connectivity index (χ3v) is 8.90. The molecular formula is C23H23F3N4O5S2. The number of nitrogens with two attached hydrogens (primary N) is 1. The molecule has 9 nitrogen and oxygen atoms in total. The van der Waals surface area contributed by atoms with Crippen LogP contribution in [0.15, 0.2) is 69.9 Å². The number of carbonyl (C=O) groups is 2. The van der Waals surface area contributed by atoms with E-state index in [1.807, 2.05) is 54.6 Å². The molecule has 198 valence electrons. The van der Waals surface area contributed by atoms with Crippen molar-refractivity contribution in [2.75, 3.05) is 20.3 Å². The average molecular weight is 557 g/mol. The van der Waals surface area contributed by atoms with Gasteiger partial charge in [-0.1, -0.05) is 48.5 Å². The van der Waals surface area contributed by atoms with E-state index in [9.17, 15) is 26.4 Å². The zero-order chi connectivity index (χ0) is 27.4. The first-order valence-electron chi connectivity index (χ1n) is 10.7. The highest BCUT2D eigenvalue weighted by Gasteiger charge is 2.40. The maximum atomic E-state index is 13.1. The molecule has 0 spiro atoms. The summed E-state index contributed by atoms with van der Waals surface area (Å²) in [6, 6.07) is 17.7. The maximum Gasteiger partial charge on any atom is 0.490 e. The number of aliphatic imine (C=N–C) groups is 1. The van der Waals surface area contributed by atoms with E-state index in [-0.39, 0.29) is 16.8 Å². The van der Waals surface area contributed by atoms with E-state index >= 15 is 0 Å². The molecule has 0 radical (unpaired) electrons. The van der Waals surface area contributed by atoms with E-state index < -0.39 is 28.2 Å². The molecule has 0 bridgehead atoms. The molecule has 1 aromatic heterocycles. The number of aliphatic carboxylic acids is 1. The zero-order valence-corrected chi connectivity index (χ0v) is 21.1. The number of nitrogens with zero attached hydrogens (tertiary/aromatic N) is 3. The number of carbonyl (C=O) groups excluding carboxylic acids is 1. The molecule has 3 N–H and O–H groups in total. The van der Waals surface area contributed by atoms with Gasteiger partial charge < -0.3 is 15.7 Å². The number of hydrogen-bond donors (Lipinski definition) is 2. The van der Waals surface area contributed by atoms with Crippen molar-refractivity contribution in [3.8, 4) is 0 Å². The molecule has 4 rings (SSSR count). The van der Waals surface area contributed by atoms with Gasteiger partial charge in [-0.25, -0.2) is 18.2 Å². The lowest BCUT2D eigenvalue weighted by atomic mass is 10.2. The van der Waals surface area contributed by atoms with Crippen molar-refractivity contribution in [2.24, 2.45) is 10.7 Å². The van der Waals surface area contributed by atoms with Crippen LogP contribution in [-0.4, -0.2) is 72.9 Å². The summed E-state index contributed by atoms with van der Waals surface area (Å²) in [7, 11) is -2.31. The monoisotopic (exact) mass is 556 g/mol. The van der Waals surface area contributed by atoms with Crippen LogP contribution in [0.25, 0.3) is 10.1 Å². The molecular weight excluding hydrogens is 533 g/mol. The van der Waals surface area contributed by atoms with Gasteiger partial charge >= 0.3 is 12.1 Å². The zero-order valence-electron chi connectivity index (χ0n) is 19.4. The lowest BCUT2D eigenvalue weighted by Crippen LogP contribution is -2.42. The van der Waals surface area contributed by atoms with Gasteiger partial charge in [-0.3, -0.25) is 4.79 Å². The number of hydrogen-bond acceptors (Lipinski definition) is 6. The number of alkyl halides is 3. The molecule has 0 saturated carbocycles. The molecule has 2 aromatic carbocycles. The molecule has 2 heterocycles. The maximum absolute atomic E-state index is 13.1. The van der Waals surface area contributed by atoms with E-state index in [4.69, 9.17) is 15.6 Å². The quantitative estimate of drug-likeness (QED) is 0.354. The van der Waals surface area contributed by atoms with Gasteiger partial charge in [-0.15, -0.1) is 11.3 Å². The fourth-order valence-corrected chi connectivity index (χ4v) is 6.38. The topological polar surface area (TPSA) is 133 Å². The van der Waals surface area contributed by atoms with Gasteiger partial charge in [0.2, 0.25) is 5.91 Å². The average Bonchev–Trinajstić information content (AvgIpc) is 3.46. The molecule has 0 unspecified atom stereocenters. The first-order chi connectivity index (χ1) is 17.3. The standard InChI is InChI=1S/C21H22N4O3S2.C2HF3O2/c1-24(30(27,28)19-13-16-9-5-6-10-18(16)29-19)17-11-12-25(21(17)26)14-23-20(22)15-7-3-2-4-8-15;3-2(4,5)1(6)7/h2-10,13,17H,11-12,14H2,1H3,(H2,22,23);(H,6,7)/t17-;/m0./s1. The number of thiophene rings is 1. The van der Waals surface area contributed by atoms with E-state index in [2.05, 4.69) is 4.99 Å². The lowest BCUT2D eigenvalue weighted by molar-refractivity contribution is -0.192. The molecule has 1 aliphatic rings. The van der Waals surface area contributed by atoms with Crippen molar-refractivity contribution in [3.05, 3.63) is 66.2 Å². The van der Waals surface area contributed by atoms with Crippen LogP contribution in [0, 0.1) is 0 Å². The minimum atomic E-state index is -5.08. The van der Waals surface area contributed by atoms with Crippen LogP contribution in [-0.2, 0) is 19.6 Å². The Morgan fingerprint density at radius 2 is 1.78 bits per heavy atom. The highest BCUT2D eigenvalue weighted by Crippen LogP contribution is 2.32. The van der Waals surface area contributed by atoms with Crippen molar-refractivity contribution in [2.45, 2.75) is 22.8 Å². The predicted molar refractivity (Wildman–Crippen MR) is 133 cm³/mol. The summed E-state index contributed by atoms with van der Waals surface area (Å²) in [6.45, 7) is 0.536. The Labute approximate surface area is 214 Å². The number of benzene rings is 2. The van der Waals surface area contributed by atoms with Crippen molar-refractivity contribution >= 4 is 49.2 Å². The van der Waals surface area contributed by atoms with Crippen LogP contribution in [0.2, 0.25) is 0 Å². The number of likely N-dealkylation sites (N-methyl/N-ethyl adjacent to an activating group) is 1. The Balaban J connectivity index is 0.000000479. The number of halogens is 3.